The Kier molecular flexibility index (Phi) is 6.19. The number of likely N-dealkylation sites (tertiary alicyclic amines) is 1. The number of methoxy groups -OCH3 is 2. The quantitative estimate of drug-likeness (QED) is 0.427. The molecule has 0 radical (unpaired) electrons. The number of ether oxygens (including phenoxy) is 2. The molecule has 0 bridgehead atoms. The predicted molar refractivity (Wildman–Crippen MR) is 133 cm³/mol. The molecule has 2 aromatic heterocycles. The molecule has 1 saturated heterocycles. The Bertz CT molecular complexity index is 1450. The largest absolute Gasteiger partial charge is 0.497 e. The third-order valence-corrected chi connectivity index (χ3v) is 6.67. The highest BCUT2D eigenvalue weighted by Gasteiger charge is 2.36. The molecule has 0 saturated carbocycles. The SMILES string of the molecule is COc1ccc(C(=O)N2CCC(O)(Cn3c(-c4ccccc4)nc4[nH]ncc4c3=O)CC2)c(OC)c1. The maximum Gasteiger partial charge on any atom is 0.265 e. The number of amides is 1. The minimum atomic E-state index is -1.19. The number of nitrogens with one attached hydrogen (secondary N) is 1. The number of aromatic amines is 1. The number of hydrogen-bond donors (Lipinski definition) is 2. The number of nitrogens with zero attached hydrogens (tertiary/aromatic N) is 4. The number of carbonyl (C=O) groups is 1. The lowest BCUT2D eigenvalue weighted by Crippen LogP contribution is -2.50. The molecule has 36 heavy (non-hydrogen) atoms. The van der Waals surface area contributed by atoms with Crippen LogP contribution < -0.4 is 15.0 Å². The van der Waals surface area contributed by atoms with E-state index in [1.54, 1.807) is 30.2 Å². The summed E-state index contributed by atoms with van der Waals surface area (Å²) in [7, 11) is 3.06. The smallest absolute Gasteiger partial charge is 0.265 e. The van der Waals surface area contributed by atoms with E-state index in [1.807, 2.05) is 30.3 Å². The third-order valence-electron chi connectivity index (χ3n) is 6.67. The minimum Gasteiger partial charge on any atom is -0.497 e. The van der Waals surface area contributed by atoms with Crippen molar-refractivity contribution in [3.8, 4) is 22.9 Å². The first kappa shape index (κ1) is 23.6. The van der Waals surface area contributed by atoms with Crippen LogP contribution in [0.1, 0.15) is 23.2 Å². The zero-order valence-corrected chi connectivity index (χ0v) is 20.1. The van der Waals surface area contributed by atoms with Crippen molar-refractivity contribution in [2.24, 2.45) is 0 Å². The van der Waals surface area contributed by atoms with Crippen LogP contribution in [-0.2, 0) is 6.54 Å². The van der Waals surface area contributed by atoms with Gasteiger partial charge < -0.3 is 19.5 Å². The number of rotatable bonds is 6. The van der Waals surface area contributed by atoms with E-state index in [0.717, 1.165) is 5.56 Å². The first-order chi connectivity index (χ1) is 17.4. The zero-order valence-electron chi connectivity index (χ0n) is 20.1. The van der Waals surface area contributed by atoms with Gasteiger partial charge in [0.05, 0.1) is 38.1 Å². The fraction of sp³-hybridized carbons (Fsp3) is 0.308. The van der Waals surface area contributed by atoms with Gasteiger partial charge in [-0.2, -0.15) is 5.10 Å². The average molecular weight is 490 g/mol. The Morgan fingerprint density at radius 1 is 1.11 bits per heavy atom. The zero-order chi connectivity index (χ0) is 25.3. The highest BCUT2D eigenvalue weighted by Crippen LogP contribution is 2.30. The predicted octanol–water partition coefficient (Wildman–Crippen LogP) is 2.47. The topological polar surface area (TPSA) is 123 Å². The summed E-state index contributed by atoms with van der Waals surface area (Å²) in [4.78, 5) is 32.9. The maximum absolute atomic E-state index is 13.3. The van der Waals surface area contributed by atoms with Crippen molar-refractivity contribution in [3.05, 3.63) is 70.6 Å². The molecule has 1 amide bonds. The van der Waals surface area contributed by atoms with Crippen molar-refractivity contribution in [2.45, 2.75) is 25.0 Å². The van der Waals surface area contributed by atoms with Gasteiger partial charge in [-0.1, -0.05) is 30.3 Å². The molecule has 1 aliphatic heterocycles. The van der Waals surface area contributed by atoms with Gasteiger partial charge in [0.25, 0.3) is 11.5 Å². The van der Waals surface area contributed by atoms with Crippen molar-refractivity contribution < 1.29 is 19.4 Å². The van der Waals surface area contributed by atoms with Gasteiger partial charge in [-0.05, 0) is 25.0 Å². The van der Waals surface area contributed by atoms with Gasteiger partial charge in [-0.15, -0.1) is 0 Å². The summed E-state index contributed by atoms with van der Waals surface area (Å²) in [6, 6.07) is 14.4. The van der Waals surface area contributed by atoms with Gasteiger partial charge in [0.15, 0.2) is 5.65 Å². The minimum absolute atomic E-state index is 0.0536. The molecule has 1 fully saturated rings. The fourth-order valence-corrected chi connectivity index (χ4v) is 4.61. The van der Waals surface area contributed by atoms with Crippen LogP contribution in [-0.4, -0.2) is 68.6 Å². The van der Waals surface area contributed by atoms with E-state index in [0.29, 0.717) is 59.9 Å². The van der Waals surface area contributed by atoms with E-state index in [9.17, 15) is 14.7 Å². The summed E-state index contributed by atoms with van der Waals surface area (Å²) >= 11 is 0. The fourth-order valence-electron chi connectivity index (χ4n) is 4.61. The number of hydrogen-bond acceptors (Lipinski definition) is 7. The Morgan fingerprint density at radius 2 is 1.86 bits per heavy atom. The molecule has 4 aromatic rings. The lowest BCUT2D eigenvalue weighted by Gasteiger charge is -2.38. The highest BCUT2D eigenvalue weighted by molar-refractivity contribution is 5.97. The van der Waals surface area contributed by atoms with E-state index in [2.05, 4.69) is 15.2 Å². The molecule has 5 rings (SSSR count). The molecular weight excluding hydrogens is 462 g/mol. The van der Waals surface area contributed by atoms with E-state index >= 15 is 0 Å². The molecule has 1 aliphatic rings. The van der Waals surface area contributed by atoms with Crippen LogP contribution in [0.15, 0.2) is 59.5 Å². The summed E-state index contributed by atoms with van der Waals surface area (Å²) in [6.45, 7) is 0.723. The van der Waals surface area contributed by atoms with Gasteiger partial charge >= 0.3 is 0 Å². The first-order valence-electron chi connectivity index (χ1n) is 11.7. The molecule has 0 spiro atoms. The summed E-state index contributed by atoms with van der Waals surface area (Å²) in [5.74, 6) is 1.30. The average Bonchev–Trinajstić information content (AvgIpc) is 3.39. The van der Waals surface area contributed by atoms with E-state index in [1.165, 1.54) is 17.9 Å². The van der Waals surface area contributed by atoms with Crippen molar-refractivity contribution in [1.82, 2.24) is 24.6 Å². The molecule has 2 aromatic carbocycles. The van der Waals surface area contributed by atoms with Crippen LogP contribution in [0.25, 0.3) is 22.4 Å². The number of carbonyl (C=O) groups excluding carboxylic acids is 1. The Morgan fingerprint density at radius 3 is 2.56 bits per heavy atom. The number of piperidine rings is 1. The third kappa shape index (κ3) is 4.31. The molecule has 3 heterocycles. The Balaban J connectivity index is 1.39. The first-order valence-corrected chi connectivity index (χ1v) is 11.7. The summed E-state index contributed by atoms with van der Waals surface area (Å²) in [6.07, 6.45) is 2.06. The normalized spacial score (nSPS) is 15.1. The Labute approximate surface area is 207 Å². The van der Waals surface area contributed by atoms with Gasteiger partial charge in [0.2, 0.25) is 0 Å². The van der Waals surface area contributed by atoms with Crippen LogP contribution in [0, 0.1) is 0 Å². The van der Waals surface area contributed by atoms with Crippen molar-refractivity contribution >= 4 is 16.9 Å². The van der Waals surface area contributed by atoms with Crippen LogP contribution in [0.5, 0.6) is 11.5 Å². The summed E-state index contributed by atoms with van der Waals surface area (Å²) in [5.41, 5.74) is 0.126. The van der Waals surface area contributed by atoms with Gasteiger partial charge in [0, 0.05) is 24.7 Å². The van der Waals surface area contributed by atoms with Gasteiger partial charge in [-0.3, -0.25) is 19.3 Å². The van der Waals surface area contributed by atoms with Gasteiger partial charge in [0.1, 0.15) is 22.7 Å². The molecular formula is C26H27N5O5. The molecule has 0 aliphatic carbocycles. The maximum atomic E-state index is 13.3. The van der Waals surface area contributed by atoms with Crippen molar-refractivity contribution in [3.63, 3.8) is 0 Å². The molecule has 10 nitrogen and oxygen atoms in total. The second-order valence-electron chi connectivity index (χ2n) is 8.91. The Hall–Kier alpha value is -4.18. The number of aromatic nitrogens is 4. The van der Waals surface area contributed by atoms with E-state index in [4.69, 9.17) is 9.47 Å². The monoisotopic (exact) mass is 489 g/mol. The number of H-pyrrole nitrogens is 1. The second-order valence-corrected chi connectivity index (χ2v) is 8.91. The molecule has 2 N–H and O–H groups in total. The molecule has 186 valence electrons. The number of fused-ring (bicyclic) bond motifs is 1. The summed E-state index contributed by atoms with van der Waals surface area (Å²) in [5, 5.41) is 18.6. The van der Waals surface area contributed by atoms with E-state index in [-0.39, 0.29) is 18.0 Å². The van der Waals surface area contributed by atoms with Crippen LogP contribution in [0.2, 0.25) is 0 Å². The second kappa shape index (κ2) is 9.46. The lowest BCUT2D eigenvalue weighted by molar-refractivity contribution is -0.0296. The standard InChI is InChI=1S/C26H27N5O5/c1-35-18-8-9-19(21(14-18)36-2)24(32)30-12-10-26(34,11-13-30)16-31-23(17-6-4-3-5-7-17)28-22-20(25(31)33)15-27-29-22/h3-9,14-15,34H,10-13,16H2,1-2H3,(H,27,29). The number of benzene rings is 2. The van der Waals surface area contributed by atoms with E-state index < -0.39 is 5.60 Å². The van der Waals surface area contributed by atoms with Crippen LogP contribution in [0.3, 0.4) is 0 Å². The lowest BCUT2D eigenvalue weighted by atomic mass is 9.90. The van der Waals surface area contributed by atoms with Crippen LogP contribution in [0.4, 0.5) is 0 Å². The number of aliphatic hydroxyl groups is 1. The van der Waals surface area contributed by atoms with Gasteiger partial charge in [-0.25, -0.2) is 4.98 Å². The molecule has 0 atom stereocenters. The molecule has 0 unspecified atom stereocenters. The van der Waals surface area contributed by atoms with Crippen molar-refractivity contribution in [2.75, 3.05) is 27.3 Å². The van der Waals surface area contributed by atoms with Crippen LogP contribution >= 0.6 is 0 Å². The highest BCUT2D eigenvalue weighted by atomic mass is 16.5. The summed E-state index contributed by atoms with van der Waals surface area (Å²) < 4.78 is 12.1. The molecule has 10 heteroatoms. The van der Waals surface area contributed by atoms with Crippen molar-refractivity contribution in [1.29, 1.82) is 0 Å².